The van der Waals surface area contributed by atoms with Crippen LogP contribution in [-0.2, 0) is 15.7 Å². The van der Waals surface area contributed by atoms with E-state index in [4.69, 9.17) is 16.3 Å². The summed E-state index contributed by atoms with van der Waals surface area (Å²) in [5.74, 6) is -0.662. The molecule has 1 amide bonds. The minimum Gasteiger partial charge on any atom is -0.378 e. The number of ether oxygens (including phenoxy) is 1. The van der Waals surface area contributed by atoms with Gasteiger partial charge in [-0.25, -0.2) is 0 Å². The number of alkyl halides is 3. The van der Waals surface area contributed by atoms with Crippen molar-refractivity contribution in [2.75, 3.05) is 36.5 Å². The lowest BCUT2D eigenvalue weighted by molar-refractivity contribution is -0.136. The van der Waals surface area contributed by atoms with Crippen molar-refractivity contribution >= 4 is 35.0 Å². The van der Waals surface area contributed by atoms with Gasteiger partial charge in [0.1, 0.15) is 0 Å². The second-order valence-electron chi connectivity index (χ2n) is 6.20. The molecule has 1 saturated heterocycles. The number of anilines is 2. The molecule has 2 aromatic rings. The zero-order chi connectivity index (χ0) is 20.1. The van der Waals surface area contributed by atoms with Gasteiger partial charge in [-0.3, -0.25) is 4.79 Å². The summed E-state index contributed by atoms with van der Waals surface area (Å²) in [6, 6.07) is 10.7. The molecule has 0 radical (unpaired) electrons. The maximum Gasteiger partial charge on any atom is 0.418 e. The van der Waals surface area contributed by atoms with E-state index in [2.05, 4.69) is 5.32 Å². The lowest BCUT2D eigenvalue weighted by atomic mass is 10.1. The van der Waals surface area contributed by atoms with E-state index in [1.54, 1.807) is 30.3 Å². The van der Waals surface area contributed by atoms with E-state index in [1.165, 1.54) is 18.2 Å². The highest BCUT2D eigenvalue weighted by atomic mass is 35.5. The largest absolute Gasteiger partial charge is 0.418 e. The Morgan fingerprint density at radius 2 is 1.89 bits per heavy atom. The molecule has 4 nitrogen and oxygen atoms in total. The molecule has 1 aliphatic heterocycles. The fraction of sp³-hybridized carbons (Fsp3) is 0.250. The van der Waals surface area contributed by atoms with E-state index in [9.17, 15) is 18.0 Å². The quantitative estimate of drug-likeness (QED) is 0.733. The smallest absolute Gasteiger partial charge is 0.378 e. The van der Waals surface area contributed by atoms with Crippen LogP contribution in [0.1, 0.15) is 11.1 Å². The number of halogens is 4. The molecule has 1 fully saturated rings. The van der Waals surface area contributed by atoms with Gasteiger partial charge in [-0.2, -0.15) is 13.2 Å². The van der Waals surface area contributed by atoms with Gasteiger partial charge in [0.25, 0.3) is 0 Å². The number of hydrogen-bond donors (Lipinski definition) is 1. The summed E-state index contributed by atoms with van der Waals surface area (Å²) in [7, 11) is 0. The van der Waals surface area contributed by atoms with Gasteiger partial charge >= 0.3 is 6.18 Å². The Morgan fingerprint density at radius 1 is 1.14 bits per heavy atom. The molecule has 1 N–H and O–H groups in total. The van der Waals surface area contributed by atoms with Crippen LogP contribution in [0.25, 0.3) is 6.08 Å². The van der Waals surface area contributed by atoms with Crippen LogP contribution in [-0.4, -0.2) is 32.2 Å². The van der Waals surface area contributed by atoms with Gasteiger partial charge in [0.2, 0.25) is 5.91 Å². The predicted octanol–water partition coefficient (Wildman–Crippen LogP) is 4.85. The van der Waals surface area contributed by atoms with Crippen molar-refractivity contribution in [1.29, 1.82) is 0 Å². The molecule has 0 atom stereocenters. The van der Waals surface area contributed by atoms with Crippen molar-refractivity contribution in [3.05, 3.63) is 64.7 Å². The molecular formula is C20H18ClF3N2O2. The highest BCUT2D eigenvalue weighted by molar-refractivity contribution is 6.30. The number of hydrogen-bond acceptors (Lipinski definition) is 3. The number of nitrogens with one attached hydrogen (secondary N) is 1. The molecule has 0 saturated carbocycles. The molecule has 0 spiro atoms. The SMILES string of the molecule is O=C(/C=C/c1cccc(Cl)c1)Nc1ccc(N2CCOCC2)cc1C(F)(F)F. The van der Waals surface area contributed by atoms with Crippen molar-refractivity contribution < 1.29 is 22.7 Å². The lowest BCUT2D eigenvalue weighted by Gasteiger charge is -2.29. The highest BCUT2D eigenvalue weighted by Gasteiger charge is 2.34. The van der Waals surface area contributed by atoms with Crippen LogP contribution in [0.3, 0.4) is 0 Å². The number of carbonyl (C=O) groups is 1. The highest BCUT2D eigenvalue weighted by Crippen LogP contribution is 2.37. The van der Waals surface area contributed by atoms with Crippen LogP contribution in [0.2, 0.25) is 5.02 Å². The molecule has 0 aliphatic carbocycles. The number of nitrogens with zero attached hydrogens (tertiary/aromatic N) is 1. The average molecular weight is 411 g/mol. The Morgan fingerprint density at radius 3 is 2.57 bits per heavy atom. The molecule has 0 bridgehead atoms. The Kier molecular flexibility index (Phi) is 6.26. The molecule has 8 heteroatoms. The van der Waals surface area contributed by atoms with Crippen LogP contribution in [0.15, 0.2) is 48.5 Å². The van der Waals surface area contributed by atoms with Gasteiger partial charge in [-0.1, -0.05) is 23.7 Å². The minimum atomic E-state index is -4.60. The zero-order valence-corrected chi connectivity index (χ0v) is 15.6. The summed E-state index contributed by atoms with van der Waals surface area (Å²) in [6.45, 7) is 1.97. The third-order valence-electron chi connectivity index (χ3n) is 4.22. The first-order chi connectivity index (χ1) is 13.3. The standard InChI is InChI=1S/C20H18ClF3N2O2/c21-15-3-1-2-14(12-15)4-7-19(27)25-18-6-5-16(13-17(18)20(22,23)24)26-8-10-28-11-9-26/h1-7,12-13H,8-11H2,(H,25,27)/b7-4+. The summed E-state index contributed by atoms with van der Waals surface area (Å²) in [6.07, 6.45) is -1.94. The molecule has 1 heterocycles. The van der Waals surface area contributed by atoms with Crippen LogP contribution in [0.4, 0.5) is 24.5 Å². The second kappa shape index (κ2) is 8.67. The van der Waals surface area contributed by atoms with Crippen LogP contribution < -0.4 is 10.2 Å². The molecule has 3 rings (SSSR count). The summed E-state index contributed by atoms with van der Waals surface area (Å²) >= 11 is 5.87. The number of rotatable bonds is 4. The maximum atomic E-state index is 13.5. The number of benzene rings is 2. The van der Waals surface area contributed by atoms with Gasteiger partial charge in [-0.05, 0) is 42.0 Å². The van der Waals surface area contributed by atoms with Crippen molar-refractivity contribution in [1.82, 2.24) is 0 Å². The summed E-state index contributed by atoms with van der Waals surface area (Å²) in [5.41, 5.74) is -0.0595. The number of morpholine rings is 1. The molecule has 1 aliphatic rings. The fourth-order valence-corrected chi connectivity index (χ4v) is 3.05. The summed E-state index contributed by atoms with van der Waals surface area (Å²) < 4.78 is 45.8. The van der Waals surface area contributed by atoms with Crippen molar-refractivity contribution in [2.24, 2.45) is 0 Å². The van der Waals surface area contributed by atoms with Gasteiger partial charge in [-0.15, -0.1) is 0 Å². The van der Waals surface area contributed by atoms with E-state index in [0.29, 0.717) is 42.6 Å². The molecule has 0 unspecified atom stereocenters. The Bertz CT molecular complexity index is 878. The Hall–Kier alpha value is -2.51. The van der Waals surface area contributed by atoms with E-state index >= 15 is 0 Å². The summed E-state index contributed by atoms with van der Waals surface area (Å²) in [4.78, 5) is 13.9. The van der Waals surface area contributed by atoms with Crippen LogP contribution in [0, 0.1) is 0 Å². The van der Waals surface area contributed by atoms with Crippen molar-refractivity contribution in [3.63, 3.8) is 0 Å². The second-order valence-corrected chi connectivity index (χ2v) is 6.64. The lowest BCUT2D eigenvalue weighted by Crippen LogP contribution is -2.36. The molecule has 2 aromatic carbocycles. The van der Waals surface area contributed by atoms with Gasteiger partial charge < -0.3 is 15.0 Å². The van der Waals surface area contributed by atoms with Crippen molar-refractivity contribution in [3.8, 4) is 0 Å². The first-order valence-corrected chi connectivity index (χ1v) is 8.99. The third-order valence-corrected chi connectivity index (χ3v) is 4.45. The third kappa shape index (κ3) is 5.27. The van der Waals surface area contributed by atoms with E-state index < -0.39 is 17.6 Å². The Balaban J connectivity index is 1.79. The molecule has 0 aromatic heterocycles. The van der Waals surface area contributed by atoms with E-state index in [0.717, 1.165) is 6.07 Å². The minimum absolute atomic E-state index is 0.287. The van der Waals surface area contributed by atoms with Crippen LogP contribution in [0.5, 0.6) is 0 Å². The average Bonchev–Trinajstić information content (AvgIpc) is 2.67. The monoisotopic (exact) mass is 410 g/mol. The Labute approximate surface area is 165 Å². The number of amides is 1. The summed E-state index contributed by atoms with van der Waals surface area (Å²) in [5, 5.41) is 2.81. The first kappa shape index (κ1) is 20.2. The van der Waals surface area contributed by atoms with Crippen LogP contribution >= 0.6 is 11.6 Å². The molecule has 28 heavy (non-hydrogen) atoms. The maximum absolute atomic E-state index is 13.5. The van der Waals surface area contributed by atoms with E-state index in [-0.39, 0.29) is 5.69 Å². The zero-order valence-electron chi connectivity index (χ0n) is 14.8. The number of carbonyl (C=O) groups excluding carboxylic acids is 1. The first-order valence-electron chi connectivity index (χ1n) is 8.61. The van der Waals surface area contributed by atoms with Gasteiger partial charge in [0, 0.05) is 29.9 Å². The van der Waals surface area contributed by atoms with Crippen molar-refractivity contribution in [2.45, 2.75) is 6.18 Å². The predicted molar refractivity (Wildman–Crippen MR) is 104 cm³/mol. The topological polar surface area (TPSA) is 41.6 Å². The van der Waals surface area contributed by atoms with Gasteiger partial charge in [0.05, 0.1) is 24.5 Å². The normalized spacial score (nSPS) is 15.1. The molecular weight excluding hydrogens is 393 g/mol. The van der Waals surface area contributed by atoms with E-state index in [1.807, 2.05) is 4.90 Å². The fourth-order valence-electron chi connectivity index (χ4n) is 2.85. The molecule has 148 valence electrons. The van der Waals surface area contributed by atoms with Gasteiger partial charge in [0.15, 0.2) is 0 Å².